The van der Waals surface area contributed by atoms with Crippen molar-refractivity contribution in [3.63, 3.8) is 0 Å². The number of hydrogen-bond acceptors (Lipinski definition) is 7. The molecule has 31 heavy (non-hydrogen) atoms. The Morgan fingerprint density at radius 3 is 2.68 bits per heavy atom. The van der Waals surface area contributed by atoms with E-state index in [4.69, 9.17) is 16.0 Å². The number of nitrogens with zero attached hydrogens (tertiary/aromatic N) is 7. The first-order chi connectivity index (χ1) is 15.0. The van der Waals surface area contributed by atoms with E-state index in [0.717, 1.165) is 36.5 Å². The summed E-state index contributed by atoms with van der Waals surface area (Å²) in [5.41, 5.74) is 2.74. The van der Waals surface area contributed by atoms with E-state index in [-0.39, 0.29) is 5.91 Å². The smallest absolute Gasteiger partial charge is 0.246 e. The highest BCUT2D eigenvalue weighted by atomic mass is 35.5. The summed E-state index contributed by atoms with van der Waals surface area (Å²) < 4.78 is 5.26. The van der Waals surface area contributed by atoms with Gasteiger partial charge in [0.1, 0.15) is 6.26 Å². The minimum Gasteiger partial charge on any atom is -0.449 e. The van der Waals surface area contributed by atoms with Crippen LogP contribution in [0, 0.1) is 13.8 Å². The third-order valence-electron chi connectivity index (χ3n) is 5.11. The number of hydrogen-bond donors (Lipinski definition) is 0. The van der Waals surface area contributed by atoms with Crippen LogP contribution in [-0.2, 0) is 17.9 Å². The van der Waals surface area contributed by atoms with Crippen molar-refractivity contribution in [3.05, 3.63) is 64.1 Å². The SMILES string of the molecule is Cc1nnn(Cc2cc(Cl)ccc2C=CC(=O)N2CCN(Cc3coc(C)n3)CC2)n1. The molecule has 162 valence electrons. The zero-order valence-corrected chi connectivity index (χ0v) is 18.3. The van der Waals surface area contributed by atoms with E-state index in [1.807, 2.05) is 30.0 Å². The zero-order chi connectivity index (χ0) is 21.8. The van der Waals surface area contributed by atoms with Gasteiger partial charge in [-0.2, -0.15) is 4.80 Å². The van der Waals surface area contributed by atoms with Gasteiger partial charge in [0.05, 0.1) is 12.2 Å². The summed E-state index contributed by atoms with van der Waals surface area (Å²) in [5, 5.41) is 12.7. The van der Waals surface area contributed by atoms with Gasteiger partial charge in [-0.05, 0) is 41.5 Å². The third kappa shape index (κ3) is 5.56. The molecule has 0 aliphatic carbocycles. The van der Waals surface area contributed by atoms with E-state index in [1.54, 1.807) is 25.3 Å². The van der Waals surface area contributed by atoms with Crippen molar-refractivity contribution in [1.82, 2.24) is 35.0 Å². The first kappa shape index (κ1) is 21.2. The summed E-state index contributed by atoms with van der Waals surface area (Å²) in [6, 6.07) is 5.55. The van der Waals surface area contributed by atoms with Crippen LogP contribution in [0.4, 0.5) is 0 Å². The molecule has 10 heteroatoms. The van der Waals surface area contributed by atoms with Crippen LogP contribution in [-0.4, -0.2) is 67.1 Å². The van der Waals surface area contributed by atoms with E-state index in [1.165, 1.54) is 4.80 Å². The normalized spacial score (nSPS) is 15.1. The van der Waals surface area contributed by atoms with Gasteiger partial charge in [-0.25, -0.2) is 4.98 Å². The molecule has 9 nitrogen and oxygen atoms in total. The van der Waals surface area contributed by atoms with Crippen LogP contribution in [0.3, 0.4) is 0 Å². The molecular formula is C21H24ClN7O2. The van der Waals surface area contributed by atoms with E-state index in [0.29, 0.717) is 36.4 Å². The summed E-state index contributed by atoms with van der Waals surface area (Å²) in [6.45, 7) is 7.74. The number of benzene rings is 1. The summed E-state index contributed by atoms with van der Waals surface area (Å²) in [4.78, 5) is 22.7. The topological polar surface area (TPSA) is 93.2 Å². The Hall–Kier alpha value is -3.04. The van der Waals surface area contributed by atoms with Crippen molar-refractivity contribution in [1.29, 1.82) is 0 Å². The Labute approximate surface area is 185 Å². The zero-order valence-electron chi connectivity index (χ0n) is 17.5. The molecule has 0 N–H and O–H groups in total. The number of carbonyl (C=O) groups is 1. The maximum Gasteiger partial charge on any atom is 0.246 e. The predicted octanol–water partition coefficient (Wildman–Crippen LogP) is 2.34. The predicted molar refractivity (Wildman–Crippen MR) is 115 cm³/mol. The molecule has 0 saturated carbocycles. The first-order valence-corrected chi connectivity index (χ1v) is 10.5. The fourth-order valence-corrected chi connectivity index (χ4v) is 3.71. The molecule has 1 saturated heterocycles. The molecule has 3 heterocycles. The van der Waals surface area contributed by atoms with E-state index < -0.39 is 0 Å². The molecule has 3 aromatic rings. The van der Waals surface area contributed by atoms with Crippen molar-refractivity contribution in [2.45, 2.75) is 26.9 Å². The van der Waals surface area contributed by atoms with Crippen LogP contribution in [0.2, 0.25) is 5.02 Å². The summed E-state index contributed by atoms with van der Waals surface area (Å²) in [7, 11) is 0. The lowest BCUT2D eigenvalue weighted by Crippen LogP contribution is -2.47. The van der Waals surface area contributed by atoms with Gasteiger partial charge < -0.3 is 9.32 Å². The minimum atomic E-state index is -0.00689. The fourth-order valence-electron chi connectivity index (χ4n) is 3.52. The Morgan fingerprint density at radius 1 is 1.19 bits per heavy atom. The van der Waals surface area contributed by atoms with Gasteiger partial charge in [0, 0.05) is 50.7 Å². The van der Waals surface area contributed by atoms with Gasteiger partial charge in [0.25, 0.3) is 0 Å². The molecule has 0 bridgehead atoms. The maximum absolute atomic E-state index is 12.7. The lowest BCUT2D eigenvalue weighted by Gasteiger charge is -2.33. The van der Waals surface area contributed by atoms with Gasteiger partial charge in [0.15, 0.2) is 11.7 Å². The highest BCUT2D eigenvalue weighted by molar-refractivity contribution is 6.30. The molecule has 1 amide bonds. The molecule has 1 aliphatic rings. The Bertz CT molecular complexity index is 1080. The maximum atomic E-state index is 12.7. The Balaban J connectivity index is 1.36. The number of piperazine rings is 1. The summed E-state index contributed by atoms with van der Waals surface area (Å²) in [5.74, 6) is 1.27. The van der Waals surface area contributed by atoms with Gasteiger partial charge in [0.2, 0.25) is 5.91 Å². The van der Waals surface area contributed by atoms with Gasteiger partial charge in [-0.1, -0.05) is 17.7 Å². The standard InChI is InChI=1S/C21H24ClN7O2/c1-15-24-26-29(25-15)12-18-11-19(22)5-3-17(18)4-6-21(30)28-9-7-27(8-10-28)13-20-14-31-16(2)23-20/h3-6,11,14H,7-10,12-13H2,1-2H3. The van der Waals surface area contributed by atoms with Crippen LogP contribution in [0.1, 0.15) is 28.5 Å². The molecule has 1 aromatic carbocycles. The van der Waals surface area contributed by atoms with Crippen molar-refractivity contribution < 1.29 is 9.21 Å². The number of aryl methyl sites for hydroxylation is 2. The van der Waals surface area contributed by atoms with E-state index >= 15 is 0 Å². The van der Waals surface area contributed by atoms with Crippen LogP contribution in [0.15, 0.2) is 35.0 Å². The monoisotopic (exact) mass is 441 g/mol. The largest absolute Gasteiger partial charge is 0.449 e. The Morgan fingerprint density at radius 2 is 2.00 bits per heavy atom. The first-order valence-electron chi connectivity index (χ1n) is 10.1. The minimum absolute atomic E-state index is 0.00689. The van der Waals surface area contributed by atoms with Crippen LogP contribution >= 0.6 is 11.6 Å². The third-order valence-corrected chi connectivity index (χ3v) is 5.35. The van der Waals surface area contributed by atoms with Crippen molar-refractivity contribution in [3.8, 4) is 0 Å². The van der Waals surface area contributed by atoms with Gasteiger partial charge in [-0.15, -0.1) is 10.2 Å². The second-order valence-corrected chi connectivity index (χ2v) is 7.94. The van der Waals surface area contributed by atoms with Crippen molar-refractivity contribution in [2.75, 3.05) is 26.2 Å². The second kappa shape index (κ2) is 9.40. The highest BCUT2D eigenvalue weighted by Crippen LogP contribution is 2.19. The summed E-state index contributed by atoms with van der Waals surface area (Å²) >= 11 is 6.17. The molecule has 0 spiro atoms. The molecule has 1 fully saturated rings. The molecule has 1 aliphatic heterocycles. The number of aromatic nitrogens is 5. The molecule has 0 radical (unpaired) electrons. The van der Waals surface area contributed by atoms with Crippen molar-refractivity contribution in [2.24, 2.45) is 0 Å². The molecule has 4 rings (SSSR count). The number of amides is 1. The van der Waals surface area contributed by atoms with Crippen LogP contribution < -0.4 is 0 Å². The van der Waals surface area contributed by atoms with Gasteiger partial charge >= 0.3 is 0 Å². The van der Waals surface area contributed by atoms with E-state index in [9.17, 15) is 4.79 Å². The number of rotatable bonds is 6. The average Bonchev–Trinajstić information content (AvgIpc) is 3.35. The Kier molecular flexibility index (Phi) is 6.43. The van der Waals surface area contributed by atoms with Gasteiger partial charge in [-0.3, -0.25) is 9.69 Å². The number of halogens is 1. The fraction of sp³-hybridized carbons (Fsp3) is 0.381. The quantitative estimate of drug-likeness (QED) is 0.542. The molecule has 2 aromatic heterocycles. The number of tetrazole rings is 1. The van der Waals surface area contributed by atoms with Crippen LogP contribution in [0.25, 0.3) is 6.08 Å². The lowest BCUT2D eigenvalue weighted by atomic mass is 10.1. The van der Waals surface area contributed by atoms with Crippen LogP contribution in [0.5, 0.6) is 0 Å². The van der Waals surface area contributed by atoms with E-state index in [2.05, 4.69) is 25.3 Å². The highest BCUT2D eigenvalue weighted by Gasteiger charge is 2.20. The number of carbonyl (C=O) groups excluding carboxylic acids is 1. The second-order valence-electron chi connectivity index (χ2n) is 7.50. The van der Waals surface area contributed by atoms with Crippen molar-refractivity contribution >= 4 is 23.6 Å². The lowest BCUT2D eigenvalue weighted by molar-refractivity contribution is -0.127. The average molecular weight is 442 g/mol. The number of oxazole rings is 1. The molecule has 0 unspecified atom stereocenters. The molecular weight excluding hydrogens is 418 g/mol. The molecule has 0 atom stereocenters. The summed E-state index contributed by atoms with van der Waals surface area (Å²) in [6.07, 6.45) is 5.13.